The molecule has 0 aliphatic carbocycles. The molecule has 9 atom stereocenters. The van der Waals surface area contributed by atoms with Gasteiger partial charge < -0.3 is 44.5 Å². The maximum absolute atomic E-state index is 14.6. The molecule has 1 fully saturated rings. The lowest BCUT2D eigenvalue weighted by Crippen LogP contribution is -2.60. The third-order valence-electron chi connectivity index (χ3n) is 13.9. The summed E-state index contributed by atoms with van der Waals surface area (Å²) in [5, 5.41) is 16.5. The Morgan fingerprint density at radius 2 is 1.38 bits per heavy atom. The molecule has 2 aliphatic heterocycles. The van der Waals surface area contributed by atoms with Gasteiger partial charge in [-0.05, 0) is 55.3 Å². The van der Waals surface area contributed by atoms with Gasteiger partial charge in [0.25, 0.3) is 11.8 Å². The Hall–Kier alpha value is -5.31. The minimum Gasteiger partial charge on any atom is -0.480 e. The van der Waals surface area contributed by atoms with E-state index < -0.39 is 72.0 Å². The van der Waals surface area contributed by atoms with Gasteiger partial charge in [0.2, 0.25) is 23.6 Å². The van der Waals surface area contributed by atoms with Crippen LogP contribution in [-0.4, -0.2) is 183 Å². The van der Waals surface area contributed by atoms with Crippen molar-refractivity contribution in [2.45, 2.75) is 123 Å². The van der Waals surface area contributed by atoms with Crippen molar-refractivity contribution in [2.24, 2.45) is 23.7 Å². The van der Waals surface area contributed by atoms with Crippen molar-refractivity contribution < 1.29 is 62.5 Å². The Morgan fingerprint density at radius 1 is 0.778 bits per heavy atom. The molecule has 2 aromatic rings. The summed E-state index contributed by atoms with van der Waals surface area (Å²) in [7, 11) is 6.52. The van der Waals surface area contributed by atoms with E-state index in [1.165, 1.54) is 14.2 Å². The number of ether oxygens (including phenoxy) is 4. The molecule has 0 radical (unpaired) electrons. The number of hydrogen-bond donors (Lipinski definition) is 3. The molecule has 19 nitrogen and oxygen atoms in total. The van der Waals surface area contributed by atoms with Gasteiger partial charge in [-0.25, -0.2) is 4.79 Å². The van der Waals surface area contributed by atoms with Gasteiger partial charge in [-0.1, -0.05) is 97.4 Å². The van der Waals surface area contributed by atoms with Crippen molar-refractivity contribution >= 4 is 41.4 Å². The number of amides is 6. The largest absolute Gasteiger partial charge is 0.480 e. The molecular weight excluding hydrogens is 929 g/mol. The van der Waals surface area contributed by atoms with Crippen molar-refractivity contribution in [3.8, 4) is 0 Å². The van der Waals surface area contributed by atoms with Crippen LogP contribution in [0.1, 0.15) is 100 Å². The molecule has 1 saturated heterocycles. The minimum atomic E-state index is -1.16. The number of fused-ring (bicyclic) bond motifs is 1. The first-order chi connectivity index (χ1) is 34.3. The summed E-state index contributed by atoms with van der Waals surface area (Å²) in [5.74, 6) is -4.82. The third-order valence-corrected chi connectivity index (χ3v) is 13.9. The molecule has 4 rings (SSSR count). The standard InChI is InChI=1S/C53H80N6O13/c1-12-35(6)46(42(68-10)32-43(60)58-24-18-23-41(58)47(69-11)36(7)48(61)54-40(53(66)67)31-37-19-14-13-15-20-37)57(9)52(65)44(33(2)3)55-49(62)45(34(4)5)56(8)25-26-70-27-28-71-29-30-72-59-50(63)38-21-16-17-22-39(38)51(59)64/h13-17,19-22,33-36,40-42,44-47H,12,18,23-32H2,1-11H3,(H,54,61)(H,55,62)(H,66,67)/t35-,36+,40-,41-,42+,44-,45-,46-,47+/m0/s1. The number of methoxy groups -OCH3 is 2. The molecule has 0 aromatic heterocycles. The van der Waals surface area contributed by atoms with E-state index >= 15 is 0 Å². The van der Waals surface area contributed by atoms with Gasteiger partial charge in [0.1, 0.15) is 12.1 Å². The number of carboxylic acid groups (broad SMARTS) is 1. The highest BCUT2D eigenvalue weighted by molar-refractivity contribution is 6.20. The molecule has 0 spiro atoms. The molecule has 0 unspecified atom stereocenters. The molecule has 0 saturated carbocycles. The van der Waals surface area contributed by atoms with Crippen LogP contribution in [-0.2, 0) is 54.2 Å². The van der Waals surface area contributed by atoms with Gasteiger partial charge in [0, 0.05) is 40.8 Å². The van der Waals surface area contributed by atoms with Gasteiger partial charge in [-0.3, -0.25) is 38.5 Å². The van der Waals surface area contributed by atoms with Crippen LogP contribution in [0.3, 0.4) is 0 Å². The first-order valence-electron chi connectivity index (χ1n) is 25.2. The fraction of sp³-hybridized carbons (Fsp3) is 0.642. The lowest BCUT2D eigenvalue weighted by Gasteiger charge is -2.41. The second-order valence-corrected chi connectivity index (χ2v) is 19.6. The van der Waals surface area contributed by atoms with Crippen molar-refractivity contribution in [1.82, 2.24) is 30.4 Å². The number of nitrogens with zero attached hydrogens (tertiary/aromatic N) is 4. The first kappa shape index (κ1) is 59.3. The van der Waals surface area contributed by atoms with Crippen LogP contribution in [0.25, 0.3) is 0 Å². The van der Waals surface area contributed by atoms with E-state index in [-0.39, 0.29) is 74.7 Å². The Labute approximate surface area is 425 Å². The highest BCUT2D eigenvalue weighted by Gasteiger charge is 2.44. The van der Waals surface area contributed by atoms with Crippen LogP contribution in [0.4, 0.5) is 0 Å². The predicted molar refractivity (Wildman–Crippen MR) is 268 cm³/mol. The number of nitrogens with one attached hydrogen (secondary N) is 2. The first-order valence-corrected chi connectivity index (χ1v) is 25.2. The number of aliphatic carboxylic acids is 1. The summed E-state index contributed by atoms with van der Waals surface area (Å²) in [5.41, 5.74) is 1.37. The summed E-state index contributed by atoms with van der Waals surface area (Å²) in [6.45, 7) is 15.1. The molecule has 19 heteroatoms. The zero-order valence-corrected chi connectivity index (χ0v) is 44.2. The second-order valence-electron chi connectivity index (χ2n) is 19.6. The Balaban J connectivity index is 1.32. The van der Waals surface area contributed by atoms with E-state index in [2.05, 4.69) is 10.6 Å². The van der Waals surface area contributed by atoms with Gasteiger partial charge in [-0.15, -0.1) is 5.06 Å². The second kappa shape index (κ2) is 28.8. The van der Waals surface area contributed by atoms with E-state index in [0.29, 0.717) is 50.1 Å². The number of benzene rings is 2. The molecular formula is C53H80N6O13. The quantitative estimate of drug-likeness (QED) is 0.0716. The number of carboxylic acids is 1. The number of carbonyl (C=O) groups excluding carboxylic acids is 6. The maximum atomic E-state index is 14.6. The summed E-state index contributed by atoms with van der Waals surface area (Å²) in [6, 6.07) is 11.9. The van der Waals surface area contributed by atoms with Crippen molar-refractivity contribution in [3.05, 3.63) is 71.3 Å². The highest BCUT2D eigenvalue weighted by atomic mass is 16.7. The maximum Gasteiger partial charge on any atom is 0.326 e. The smallest absolute Gasteiger partial charge is 0.326 e. The van der Waals surface area contributed by atoms with Crippen LogP contribution >= 0.6 is 0 Å². The molecule has 3 N–H and O–H groups in total. The topological polar surface area (TPSA) is 223 Å². The molecule has 2 heterocycles. The Morgan fingerprint density at radius 3 is 1.93 bits per heavy atom. The van der Waals surface area contributed by atoms with Crippen LogP contribution in [0.15, 0.2) is 54.6 Å². The molecule has 6 amide bonds. The Kier molecular flexibility index (Phi) is 23.7. The van der Waals surface area contributed by atoms with E-state index in [1.54, 1.807) is 60.2 Å². The minimum absolute atomic E-state index is 0.00444. The lowest BCUT2D eigenvalue weighted by atomic mass is 9.89. The summed E-state index contributed by atoms with van der Waals surface area (Å²) in [4.78, 5) is 104. The van der Waals surface area contributed by atoms with Crippen LogP contribution in [0, 0.1) is 23.7 Å². The van der Waals surface area contributed by atoms with Crippen LogP contribution < -0.4 is 10.6 Å². The Bertz CT molecular complexity index is 2070. The SMILES string of the molecule is CC[C@H](C)[C@@H]([C@@H](CC(=O)N1CCC[C@H]1[C@H](OC)[C@@H](C)C(=O)N[C@@H](Cc1ccccc1)C(=O)O)OC)N(C)C(=O)[C@@H](NC(=O)[C@H](C(C)C)N(C)CCOCCOCCON1C(=O)c2ccccc2C1=O)C(C)C. The van der Waals surface area contributed by atoms with E-state index in [1.807, 2.05) is 71.7 Å². The molecule has 2 aromatic carbocycles. The molecule has 0 bridgehead atoms. The average Bonchev–Trinajstić information content (AvgIpc) is 3.93. The number of carbonyl (C=O) groups is 7. The fourth-order valence-corrected chi connectivity index (χ4v) is 9.78. The zero-order chi connectivity index (χ0) is 53.2. The number of rotatable bonds is 31. The number of likely N-dealkylation sites (tertiary alicyclic amines) is 1. The van der Waals surface area contributed by atoms with Gasteiger partial charge in [-0.2, -0.15) is 0 Å². The van der Waals surface area contributed by atoms with Crippen LogP contribution in [0.2, 0.25) is 0 Å². The van der Waals surface area contributed by atoms with Gasteiger partial charge >= 0.3 is 5.97 Å². The summed E-state index contributed by atoms with van der Waals surface area (Å²) >= 11 is 0. The monoisotopic (exact) mass is 1010 g/mol. The number of likely N-dealkylation sites (N-methyl/N-ethyl adjacent to an activating group) is 2. The number of hydrogen-bond acceptors (Lipinski definition) is 13. The van der Waals surface area contributed by atoms with Crippen molar-refractivity contribution in [2.75, 3.05) is 74.4 Å². The summed E-state index contributed by atoms with van der Waals surface area (Å²) < 4.78 is 23.3. The highest BCUT2D eigenvalue weighted by Crippen LogP contribution is 2.30. The predicted octanol–water partition coefficient (Wildman–Crippen LogP) is 4.08. The molecule has 72 heavy (non-hydrogen) atoms. The number of hydroxylamine groups is 2. The zero-order valence-electron chi connectivity index (χ0n) is 44.2. The molecule has 2 aliphatic rings. The number of imide groups is 1. The van der Waals surface area contributed by atoms with Crippen molar-refractivity contribution in [1.29, 1.82) is 0 Å². The van der Waals surface area contributed by atoms with E-state index in [4.69, 9.17) is 23.8 Å². The average molecular weight is 1010 g/mol. The van der Waals surface area contributed by atoms with E-state index in [0.717, 1.165) is 10.6 Å². The van der Waals surface area contributed by atoms with Crippen molar-refractivity contribution in [3.63, 3.8) is 0 Å². The van der Waals surface area contributed by atoms with Gasteiger partial charge in [0.05, 0.1) is 86.8 Å². The van der Waals surface area contributed by atoms with E-state index in [9.17, 15) is 38.7 Å². The molecule has 400 valence electrons. The lowest BCUT2D eigenvalue weighted by molar-refractivity contribution is -0.148. The summed E-state index contributed by atoms with van der Waals surface area (Å²) in [6.07, 6.45) is 0.521. The van der Waals surface area contributed by atoms with Gasteiger partial charge in [0.15, 0.2) is 0 Å². The fourth-order valence-electron chi connectivity index (χ4n) is 9.78. The van der Waals surface area contributed by atoms with Crippen LogP contribution in [0.5, 0.6) is 0 Å². The normalized spacial score (nSPS) is 18.1. The third kappa shape index (κ3) is 15.6.